The molecule has 2 fully saturated rings. The number of piperazine rings is 1. The highest BCUT2D eigenvalue weighted by atomic mass is 79.9. The fourth-order valence-electron chi connectivity index (χ4n) is 3.61. The molecular formula is C16H24BrN3. The Hall–Kier alpha value is -0.420. The largest absolute Gasteiger partial charge is 0.329 e. The molecule has 110 valence electrons. The van der Waals surface area contributed by atoms with Crippen molar-refractivity contribution in [1.29, 1.82) is 0 Å². The van der Waals surface area contributed by atoms with Gasteiger partial charge in [0.1, 0.15) is 0 Å². The maximum Gasteiger partial charge on any atom is 0.0472 e. The van der Waals surface area contributed by atoms with E-state index in [2.05, 4.69) is 50.9 Å². The van der Waals surface area contributed by atoms with E-state index in [-0.39, 0.29) is 0 Å². The van der Waals surface area contributed by atoms with Gasteiger partial charge in [-0.15, -0.1) is 0 Å². The first-order chi connectivity index (χ1) is 9.69. The van der Waals surface area contributed by atoms with Crippen molar-refractivity contribution in [2.75, 3.05) is 32.7 Å². The van der Waals surface area contributed by atoms with Gasteiger partial charge in [-0.05, 0) is 43.5 Å². The number of hydrogen-bond donors (Lipinski definition) is 1. The fraction of sp³-hybridized carbons (Fsp3) is 0.625. The normalized spacial score (nSPS) is 25.6. The summed E-state index contributed by atoms with van der Waals surface area (Å²) in [7, 11) is 0. The second-order valence-electron chi connectivity index (χ2n) is 6.09. The number of benzene rings is 1. The Kier molecular flexibility index (Phi) is 4.46. The third-order valence-electron chi connectivity index (χ3n) is 4.86. The Morgan fingerprint density at radius 1 is 1.35 bits per heavy atom. The lowest BCUT2D eigenvalue weighted by molar-refractivity contribution is 0.0737. The molecule has 4 heteroatoms. The highest BCUT2D eigenvalue weighted by Crippen LogP contribution is 2.29. The quantitative estimate of drug-likeness (QED) is 0.919. The molecule has 2 N–H and O–H groups in total. The van der Waals surface area contributed by atoms with E-state index >= 15 is 0 Å². The minimum absolute atomic E-state index is 0.356. The number of hydrogen-bond acceptors (Lipinski definition) is 3. The predicted octanol–water partition coefficient (Wildman–Crippen LogP) is 2.54. The van der Waals surface area contributed by atoms with Crippen molar-refractivity contribution in [1.82, 2.24) is 9.80 Å². The van der Waals surface area contributed by atoms with E-state index in [0.717, 1.165) is 12.6 Å². The average molecular weight is 338 g/mol. The van der Waals surface area contributed by atoms with Crippen LogP contribution in [0.3, 0.4) is 0 Å². The van der Waals surface area contributed by atoms with Crippen LogP contribution >= 0.6 is 15.9 Å². The molecule has 0 bridgehead atoms. The van der Waals surface area contributed by atoms with Crippen molar-refractivity contribution >= 4 is 15.9 Å². The van der Waals surface area contributed by atoms with Crippen molar-refractivity contribution in [2.45, 2.75) is 31.8 Å². The Bertz CT molecular complexity index is 477. The van der Waals surface area contributed by atoms with E-state index in [1.807, 2.05) is 0 Å². The Morgan fingerprint density at radius 3 is 2.95 bits per heavy atom. The fourth-order valence-corrected chi connectivity index (χ4v) is 4.01. The molecule has 2 heterocycles. The molecule has 0 amide bonds. The molecule has 20 heavy (non-hydrogen) atoms. The molecular weight excluding hydrogens is 314 g/mol. The smallest absolute Gasteiger partial charge is 0.0472 e. The van der Waals surface area contributed by atoms with Crippen molar-refractivity contribution in [2.24, 2.45) is 5.73 Å². The lowest BCUT2D eigenvalue weighted by Crippen LogP contribution is -2.52. The van der Waals surface area contributed by atoms with E-state index < -0.39 is 0 Å². The summed E-state index contributed by atoms with van der Waals surface area (Å²) < 4.78 is 1.19. The van der Waals surface area contributed by atoms with Crippen molar-refractivity contribution in [3.05, 3.63) is 33.8 Å². The highest BCUT2D eigenvalue weighted by molar-refractivity contribution is 9.10. The van der Waals surface area contributed by atoms with Crippen LogP contribution in [0, 0.1) is 6.92 Å². The zero-order valence-corrected chi connectivity index (χ0v) is 13.8. The standard InChI is InChI=1S/C16H24BrN3/c1-12-4-5-13(9-15(12)17)16(10-18)20-8-7-19-6-2-3-14(19)11-20/h4-5,9,14,16H,2-3,6-8,10-11,18H2,1H3. The molecule has 0 saturated carbocycles. The third kappa shape index (κ3) is 2.80. The Morgan fingerprint density at radius 2 is 2.20 bits per heavy atom. The highest BCUT2D eigenvalue weighted by Gasteiger charge is 2.33. The van der Waals surface area contributed by atoms with E-state index in [1.165, 1.54) is 48.1 Å². The second kappa shape index (κ2) is 6.14. The Labute approximate surface area is 130 Å². The van der Waals surface area contributed by atoms with Crippen LogP contribution in [-0.4, -0.2) is 48.6 Å². The van der Waals surface area contributed by atoms with Crippen molar-refractivity contribution in [3.63, 3.8) is 0 Å². The molecule has 0 radical (unpaired) electrons. The zero-order valence-electron chi connectivity index (χ0n) is 12.2. The maximum absolute atomic E-state index is 6.09. The van der Waals surface area contributed by atoms with Gasteiger partial charge < -0.3 is 5.73 Å². The van der Waals surface area contributed by atoms with Gasteiger partial charge >= 0.3 is 0 Å². The summed E-state index contributed by atoms with van der Waals surface area (Å²) in [5, 5.41) is 0. The summed E-state index contributed by atoms with van der Waals surface area (Å²) in [6.45, 7) is 7.64. The minimum Gasteiger partial charge on any atom is -0.329 e. The molecule has 2 atom stereocenters. The molecule has 0 aromatic heterocycles. The van der Waals surface area contributed by atoms with Gasteiger partial charge in [0, 0.05) is 42.7 Å². The summed E-state index contributed by atoms with van der Waals surface area (Å²) in [6.07, 6.45) is 2.72. The van der Waals surface area contributed by atoms with Crippen LogP contribution in [0.4, 0.5) is 0 Å². The predicted molar refractivity (Wildman–Crippen MR) is 86.8 cm³/mol. The maximum atomic E-state index is 6.09. The van der Waals surface area contributed by atoms with Crippen LogP contribution in [-0.2, 0) is 0 Å². The molecule has 2 saturated heterocycles. The minimum atomic E-state index is 0.356. The lowest BCUT2D eigenvalue weighted by atomic mass is 10.0. The van der Waals surface area contributed by atoms with E-state index in [9.17, 15) is 0 Å². The van der Waals surface area contributed by atoms with E-state index in [4.69, 9.17) is 5.73 Å². The lowest BCUT2D eigenvalue weighted by Gasteiger charge is -2.41. The van der Waals surface area contributed by atoms with Crippen molar-refractivity contribution in [3.8, 4) is 0 Å². The summed E-state index contributed by atoms with van der Waals surface area (Å²) in [6, 6.07) is 7.78. The van der Waals surface area contributed by atoms with Crippen LogP contribution in [0.15, 0.2) is 22.7 Å². The van der Waals surface area contributed by atoms with Crippen molar-refractivity contribution < 1.29 is 0 Å². The van der Waals surface area contributed by atoms with Crippen LogP contribution in [0.5, 0.6) is 0 Å². The molecule has 3 nitrogen and oxygen atoms in total. The Balaban J connectivity index is 1.77. The number of aryl methyl sites for hydroxylation is 1. The molecule has 3 rings (SSSR count). The van der Waals surface area contributed by atoms with E-state index in [0.29, 0.717) is 12.6 Å². The van der Waals surface area contributed by atoms with Crippen LogP contribution in [0.2, 0.25) is 0 Å². The van der Waals surface area contributed by atoms with Gasteiger partial charge in [-0.3, -0.25) is 9.80 Å². The van der Waals surface area contributed by atoms with Crippen LogP contribution in [0.1, 0.15) is 30.0 Å². The first-order valence-electron chi connectivity index (χ1n) is 7.63. The average Bonchev–Trinajstić information content (AvgIpc) is 2.91. The molecule has 2 aliphatic heterocycles. The summed E-state index contributed by atoms with van der Waals surface area (Å²) in [5.41, 5.74) is 8.72. The summed E-state index contributed by atoms with van der Waals surface area (Å²) in [5.74, 6) is 0. The van der Waals surface area contributed by atoms with Gasteiger partial charge in [-0.25, -0.2) is 0 Å². The molecule has 0 aliphatic carbocycles. The van der Waals surface area contributed by atoms with Crippen LogP contribution in [0.25, 0.3) is 0 Å². The SMILES string of the molecule is Cc1ccc(C(CN)N2CCN3CCCC3C2)cc1Br. The van der Waals surface area contributed by atoms with E-state index in [1.54, 1.807) is 0 Å². The molecule has 2 unspecified atom stereocenters. The topological polar surface area (TPSA) is 32.5 Å². The zero-order chi connectivity index (χ0) is 14.1. The third-order valence-corrected chi connectivity index (χ3v) is 5.72. The number of nitrogens with zero attached hydrogens (tertiary/aromatic N) is 2. The first kappa shape index (κ1) is 14.5. The second-order valence-corrected chi connectivity index (χ2v) is 6.94. The number of nitrogens with two attached hydrogens (primary N) is 1. The molecule has 1 aromatic rings. The monoisotopic (exact) mass is 337 g/mol. The number of halogens is 1. The van der Waals surface area contributed by atoms with Gasteiger partial charge in [0.15, 0.2) is 0 Å². The molecule has 2 aliphatic rings. The van der Waals surface area contributed by atoms with Gasteiger partial charge in [0.05, 0.1) is 0 Å². The van der Waals surface area contributed by atoms with Crippen LogP contribution < -0.4 is 5.73 Å². The number of fused-ring (bicyclic) bond motifs is 1. The number of rotatable bonds is 3. The summed E-state index contributed by atoms with van der Waals surface area (Å²) >= 11 is 3.65. The van der Waals surface area contributed by atoms with Gasteiger partial charge in [-0.2, -0.15) is 0 Å². The van der Waals surface area contributed by atoms with Gasteiger partial charge in [0.2, 0.25) is 0 Å². The van der Waals surface area contributed by atoms with Gasteiger partial charge in [0.25, 0.3) is 0 Å². The first-order valence-corrected chi connectivity index (χ1v) is 8.42. The molecule has 1 aromatic carbocycles. The van der Waals surface area contributed by atoms with Gasteiger partial charge in [-0.1, -0.05) is 28.1 Å². The molecule has 0 spiro atoms. The summed E-state index contributed by atoms with van der Waals surface area (Å²) in [4.78, 5) is 5.23.